The van der Waals surface area contributed by atoms with Crippen molar-refractivity contribution in [3.63, 3.8) is 0 Å². The first-order valence-electron chi connectivity index (χ1n) is 8.51. The number of nitrogens with zero attached hydrogens (tertiary/aromatic N) is 4. The number of ether oxygens (including phenoxy) is 1. The molecule has 3 rings (SSSR count). The fourth-order valence-corrected chi connectivity index (χ4v) is 2.59. The second kappa shape index (κ2) is 7.97. The van der Waals surface area contributed by atoms with Crippen LogP contribution in [-0.2, 0) is 4.74 Å². The van der Waals surface area contributed by atoms with Crippen LogP contribution in [0.4, 0.5) is 17.5 Å². The molecular weight excluding hydrogens is 328 g/mol. The topological polar surface area (TPSA) is 79.0 Å². The molecular formula is C19H24N6O. The van der Waals surface area contributed by atoms with E-state index in [1.165, 1.54) is 0 Å². The van der Waals surface area contributed by atoms with Gasteiger partial charge in [0, 0.05) is 44.1 Å². The van der Waals surface area contributed by atoms with Crippen LogP contribution in [0, 0.1) is 13.8 Å². The lowest BCUT2D eigenvalue weighted by atomic mass is 10.1. The molecule has 7 heteroatoms. The number of H-pyrrole nitrogens is 1. The molecule has 0 aliphatic heterocycles. The van der Waals surface area contributed by atoms with Crippen LogP contribution in [-0.4, -0.2) is 47.5 Å². The van der Waals surface area contributed by atoms with E-state index >= 15 is 0 Å². The fourth-order valence-electron chi connectivity index (χ4n) is 2.59. The molecule has 0 aliphatic rings. The lowest BCUT2D eigenvalue weighted by molar-refractivity contribution is 0.206. The molecule has 0 saturated carbocycles. The zero-order valence-corrected chi connectivity index (χ0v) is 15.6. The summed E-state index contributed by atoms with van der Waals surface area (Å²) in [6.07, 6.45) is 0. The molecule has 2 N–H and O–H groups in total. The molecule has 0 saturated heterocycles. The largest absolute Gasteiger partial charge is 0.383 e. The van der Waals surface area contributed by atoms with Gasteiger partial charge in [-0.3, -0.25) is 5.10 Å². The van der Waals surface area contributed by atoms with E-state index in [-0.39, 0.29) is 0 Å². The van der Waals surface area contributed by atoms with Gasteiger partial charge in [0.1, 0.15) is 11.6 Å². The van der Waals surface area contributed by atoms with E-state index < -0.39 is 0 Å². The SMILES string of the molecule is COCCN(C)c1cc(Nc2cc(C)[nH]n2)nc(-c2ccccc2C)n1. The molecule has 7 nitrogen and oxygen atoms in total. The minimum atomic E-state index is 0.627. The highest BCUT2D eigenvalue weighted by Gasteiger charge is 2.12. The van der Waals surface area contributed by atoms with Gasteiger partial charge < -0.3 is 15.0 Å². The molecule has 2 heterocycles. The van der Waals surface area contributed by atoms with Crippen LogP contribution in [0.1, 0.15) is 11.3 Å². The van der Waals surface area contributed by atoms with Gasteiger partial charge in [0.15, 0.2) is 11.6 Å². The van der Waals surface area contributed by atoms with Gasteiger partial charge in [-0.25, -0.2) is 9.97 Å². The Balaban J connectivity index is 2.00. The minimum absolute atomic E-state index is 0.627. The lowest BCUT2D eigenvalue weighted by Gasteiger charge is -2.19. The van der Waals surface area contributed by atoms with Crippen LogP contribution in [0.25, 0.3) is 11.4 Å². The lowest BCUT2D eigenvalue weighted by Crippen LogP contribution is -2.23. The van der Waals surface area contributed by atoms with Gasteiger partial charge >= 0.3 is 0 Å². The molecule has 0 atom stereocenters. The van der Waals surface area contributed by atoms with Crippen molar-refractivity contribution in [3.05, 3.63) is 47.7 Å². The van der Waals surface area contributed by atoms with Gasteiger partial charge in [-0.1, -0.05) is 24.3 Å². The number of aromatic amines is 1. The summed E-state index contributed by atoms with van der Waals surface area (Å²) in [5.74, 6) is 2.93. The summed E-state index contributed by atoms with van der Waals surface area (Å²) >= 11 is 0. The highest BCUT2D eigenvalue weighted by Crippen LogP contribution is 2.25. The Bertz CT molecular complexity index is 876. The van der Waals surface area contributed by atoms with Crippen LogP contribution in [0.2, 0.25) is 0 Å². The van der Waals surface area contributed by atoms with E-state index in [0.29, 0.717) is 18.2 Å². The van der Waals surface area contributed by atoms with Crippen LogP contribution in [0.3, 0.4) is 0 Å². The Morgan fingerprint density at radius 2 is 1.92 bits per heavy atom. The van der Waals surface area contributed by atoms with Crippen LogP contribution in [0.5, 0.6) is 0 Å². The van der Waals surface area contributed by atoms with Crippen LogP contribution in [0.15, 0.2) is 36.4 Å². The average molecular weight is 352 g/mol. The van der Waals surface area contributed by atoms with E-state index in [2.05, 4.69) is 28.5 Å². The molecule has 0 aliphatic carbocycles. The Hall–Kier alpha value is -2.93. The standard InChI is InChI=1S/C19H24N6O/c1-13-7-5-6-8-15(13)19-21-16(20-17-11-14(2)23-24-17)12-18(22-19)25(3)9-10-26-4/h5-8,11-12H,9-10H2,1-4H3,(H2,20,21,22,23,24). The van der Waals surface area contributed by atoms with Gasteiger partial charge in [0.25, 0.3) is 0 Å². The molecule has 3 aromatic rings. The second-order valence-corrected chi connectivity index (χ2v) is 6.23. The minimum Gasteiger partial charge on any atom is -0.383 e. The van der Waals surface area contributed by atoms with E-state index in [4.69, 9.17) is 14.7 Å². The molecule has 1 aromatic carbocycles. The van der Waals surface area contributed by atoms with Crippen molar-refractivity contribution < 1.29 is 4.74 Å². The maximum atomic E-state index is 5.18. The number of aryl methyl sites for hydroxylation is 2. The molecule has 0 fully saturated rings. The van der Waals surface area contributed by atoms with Gasteiger partial charge in [0.2, 0.25) is 0 Å². The third-order valence-electron chi connectivity index (χ3n) is 4.08. The monoisotopic (exact) mass is 352 g/mol. The number of likely N-dealkylation sites (N-methyl/N-ethyl adjacent to an activating group) is 1. The summed E-state index contributed by atoms with van der Waals surface area (Å²) in [6, 6.07) is 12.0. The molecule has 26 heavy (non-hydrogen) atoms. The van der Waals surface area contributed by atoms with Crippen LogP contribution < -0.4 is 10.2 Å². The van der Waals surface area contributed by atoms with Crippen molar-refractivity contribution in [2.45, 2.75) is 13.8 Å². The van der Waals surface area contributed by atoms with Crippen molar-refractivity contribution in [1.82, 2.24) is 20.2 Å². The molecule has 0 unspecified atom stereocenters. The number of methoxy groups -OCH3 is 1. The van der Waals surface area contributed by atoms with E-state index in [0.717, 1.165) is 35.0 Å². The van der Waals surface area contributed by atoms with Gasteiger partial charge in [-0.15, -0.1) is 0 Å². The third-order valence-corrected chi connectivity index (χ3v) is 4.08. The summed E-state index contributed by atoms with van der Waals surface area (Å²) < 4.78 is 5.18. The molecule has 0 amide bonds. The van der Waals surface area contributed by atoms with Crippen molar-refractivity contribution >= 4 is 17.5 Å². The first kappa shape index (κ1) is 17.9. The first-order chi connectivity index (χ1) is 12.6. The molecule has 0 radical (unpaired) electrons. The fraction of sp³-hybridized carbons (Fsp3) is 0.316. The molecule has 2 aromatic heterocycles. The average Bonchev–Trinajstić information content (AvgIpc) is 3.04. The zero-order valence-electron chi connectivity index (χ0n) is 15.6. The van der Waals surface area contributed by atoms with Gasteiger partial charge in [-0.05, 0) is 19.4 Å². The van der Waals surface area contributed by atoms with E-state index in [1.807, 2.05) is 49.2 Å². The number of anilines is 3. The van der Waals surface area contributed by atoms with Crippen LogP contribution >= 0.6 is 0 Å². The van der Waals surface area contributed by atoms with Crippen molar-refractivity contribution in [1.29, 1.82) is 0 Å². The quantitative estimate of drug-likeness (QED) is 0.679. The summed E-state index contributed by atoms with van der Waals surface area (Å²) in [4.78, 5) is 11.5. The summed E-state index contributed by atoms with van der Waals surface area (Å²) in [5, 5.41) is 10.4. The Morgan fingerprint density at radius 3 is 2.62 bits per heavy atom. The Kier molecular flexibility index (Phi) is 5.48. The number of benzene rings is 1. The van der Waals surface area contributed by atoms with Crippen molar-refractivity contribution in [3.8, 4) is 11.4 Å². The number of nitrogens with one attached hydrogen (secondary N) is 2. The summed E-state index contributed by atoms with van der Waals surface area (Å²) in [6.45, 7) is 5.38. The number of aromatic nitrogens is 4. The number of rotatable bonds is 7. The Labute approximate surface area is 153 Å². The first-order valence-corrected chi connectivity index (χ1v) is 8.51. The molecule has 0 bridgehead atoms. The second-order valence-electron chi connectivity index (χ2n) is 6.23. The molecule has 0 spiro atoms. The summed E-state index contributed by atoms with van der Waals surface area (Å²) in [5.41, 5.74) is 3.12. The third kappa shape index (κ3) is 4.18. The van der Waals surface area contributed by atoms with Crippen molar-refractivity contribution in [2.75, 3.05) is 37.5 Å². The van der Waals surface area contributed by atoms with Crippen molar-refractivity contribution in [2.24, 2.45) is 0 Å². The van der Waals surface area contributed by atoms with E-state index in [9.17, 15) is 0 Å². The predicted molar refractivity (Wildman–Crippen MR) is 104 cm³/mol. The maximum Gasteiger partial charge on any atom is 0.164 e. The molecule has 136 valence electrons. The highest BCUT2D eigenvalue weighted by molar-refractivity contribution is 5.66. The maximum absolute atomic E-state index is 5.18. The van der Waals surface area contributed by atoms with Gasteiger partial charge in [-0.2, -0.15) is 5.10 Å². The Morgan fingerprint density at radius 1 is 1.12 bits per heavy atom. The smallest absolute Gasteiger partial charge is 0.164 e. The number of hydrogen-bond donors (Lipinski definition) is 2. The predicted octanol–water partition coefficient (Wildman–Crippen LogP) is 3.31. The summed E-state index contributed by atoms with van der Waals surface area (Å²) in [7, 11) is 3.69. The van der Waals surface area contributed by atoms with Gasteiger partial charge in [0.05, 0.1) is 6.61 Å². The number of hydrogen-bond acceptors (Lipinski definition) is 6. The zero-order chi connectivity index (χ0) is 18.5. The van der Waals surface area contributed by atoms with E-state index in [1.54, 1.807) is 7.11 Å². The normalized spacial score (nSPS) is 10.8. The highest BCUT2D eigenvalue weighted by atomic mass is 16.5.